The molecule has 1 saturated heterocycles. The predicted molar refractivity (Wildman–Crippen MR) is 103 cm³/mol. The largest absolute Gasteiger partial charge is 0.354 e. The topological polar surface area (TPSA) is 39.7 Å². The molecule has 134 valence electrons. The quantitative estimate of drug-likeness (QED) is 0.622. The summed E-state index contributed by atoms with van der Waals surface area (Å²) in [7, 11) is 1.86. The van der Waals surface area contributed by atoms with Gasteiger partial charge < -0.3 is 15.5 Å². The number of rotatable bonds is 6. The Balaban J connectivity index is 1.79. The van der Waals surface area contributed by atoms with Crippen molar-refractivity contribution in [1.82, 2.24) is 15.5 Å². The van der Waals surface area contributed by atoms with Gasteiger partial charge in [0.1, 0.15) is 0 Å². The van der Waals surface area contributed by atoms with Crippen LogP contribution in [0.3, 0.4) is 0 Å². The van der Waals surface area contributed by atoms with Crippen LogP contribution in [0, 0.1) is 5.92 Å². The minimum absolute atomic E-state index is 0.529. The lowest BCUT2D eigenvalue weighted by molar-refractivity contribution is 0.187. The maximum atomic E-state index is 4.40. The van der Waals surface area contributed by atoms with Gasteiger partial charge in [-0.2, -0.15) is 0 Å². The van der Waals surface area contributed by atoms with E-state index in [0.29, 0.717) is 6.04 Å². The molecule has 1 aromatic carbocycles. The van der Waals surface area contributed by atoms with E-state index < -0.39 is 0 Å². The first-order valence-electron chi connectivity index (χ1n) is 9.38. The second-order valence-corrected chi connectivity index (χ2v) is 7.16. The lowest BCUT2D eigenvalue weighted by Gasteiger charge is -2.34. The molecular weight excluding hydrogens is 296 g/mol. The second-order valence-electron chi connectivity index (χ2n) is 7.16. The van der Waals surface area contributed by atoms with Crippen molar-refractivity contribution in [2.75, 3.05) is 26.7 Å². The minimum atomic E-state index is 0.529. The van der Waals surface area contributed by atoms with Crippen LogP contribution in [0.2, 0.25) is 0 Å². The number of hydrogen-bond donors (Lipinski definition) is 2. The highest BCUT2D eigenvalue weighted by atomic mass is 15.2. The number of piperidine rings is 1. The molecule has 1 heterocycles. The van der Waals surface area contributed by atoms with Gasteiger partial charge >= 0.3 is 0 Å². The van der Waals surface area contributed by atoms with E-state index in [0.717, 1.165) is 24.8 Å². The van der Waals surface area contributed by atoms with Crippen LogP contribution in [0.5, 0.6) is 0 Å². The van der Waals surface area contributed by atoms with Crippen molar-refractivity contribution < 1.29 is 0 Å². The van der Waals surface area contributed by atoms with E-state index in [-0.39, 0.29) is 0 Å². The molecule has 0 atom stereocenters. The maximum Gasteiger partial charge on any atom is 0.191 e. The number of nitrogens with zero attached hydrogens (tertiary/aromatic N) is 2. The molecule has 0 bridgehead atoms. The highest BCUT2D eigenvalue weighted by Gasteiger charge is 2.20. The molecule has 0 spiro atoms. The Hall–Kier alpha value is -1.55. The van der Waals surface area contributed by atoms with E-state index in [1.54, 1.807) is 0 Å². The fourth-order valence-corrected chi connectivity index (χ4v) is 3.42. The third-order valence-corrected chi connectivity index (χ3v) is 4.72. The van der Waals surface area contributed by atoms with E-state index in [2.05, 4.69) is 65.6 Å². The summed E-state index contributed by atoms with van der Waals surface area (Å²) in [6.45, 7) is 11.2. The van der Waals surface area contributed by atoms with Gasteiger partial charge in [0.25, 0.3) is 0 Å². The van der Waals surface area contributed by atoms with Crippen LogP contribution >= 0.6 is 0 Å². The summed E-state index contributed by atoms with van der Waals surface area (Å²) >= 11 is 0. The summed E-state index contributed by atoms with van der Waals surface area (Å²) in [6.07, 6.45) is 3.45. The average molecular weight is 331 g/mol. The third kappa shape index (κ3) is 5.82. The van der Waals surface area contributed by atoms with Gasteiger partial charge in [-0.15, -0.1) is 0 Å². The predicted octanol–water partition coefficient (Wildman–Crippen LogP) is 3.03. The zero-order valence-electron chi connectivity index (χ0n) is 15.8. The van der Waals surface area contributed by atoms with Crippen LogP contribution in [0.15, 0.2) is 29.3 Å². The zero-order chi connectivity index (χ0) is 17.4. The molecule has 2 N–H and O–H groups in total. The van der Waals surface area contributed by atoms with Gasteiger partial charge in [0, 0.05) is 39.3 Å². The van der Waals surface area contributed by atoms with Crippen LogP contribution in [0.4, 0.5) is 0 Å². The van der Waals surface area contributed by atoms with E-state index in [1.165, 1.54) is 43.6 Å². The number of hydrogen-bond acceptors (Lipinski definition) is 2. The van der Waals surface area contributed by atoms with Crippen molar-refractivity contribution in [1.29, 1.82) is 0 Å². The van der Waals surface area contributed by atoms with Crippen molar-refractivity contribution >= 4 is 5.96 Å². The Morgan fingerprint density at radius 2 is 1.88 bits per heavy atom. The summed E-state index contributed by atoms with van der Waals surface area (Å²) in [6, 6.07) is 9.15. The fourth-order valence-electron chi connectivity index (χ4n) is 3.42. The monoisotopic (exact) mass is 330 g/mol. The number of nitrogens with one attached hydrogen (secondary N) is 2. The molecule has 0 aliphatic carbocycles. The first-order chi connectivity index (χ1) is 11.6. The van der Waals surface area contributed by atoms with Gasteiger partial charge in [0.05, 0.1) is 0 Å². The van der Waals surface area contributed by atoms with Crippen molar-refractivity contribution in [2.24, 2.45) is 10.9 Å². The SMILES string of the molecule is CCc1ccccc1CNC(=NC)NC1CCN(CC(C)C)CC1. The molecule has 0 aromatic heterocycles. The first-order valence-corrected chi connectivity index (χ1v) is 9.38. The molecule has 4 nitrogen and oxygen atoms in total. The molecule has 1 aliphatic heterocycles. The molecule has 0 unspecified atom stereocenters. The Morgan fingerprint density at radius 3 is 2.46 bits per heavy atom. The lowest BCUT2D eigenvalue weighted by Crippen LogP contribution is -2.49. The summed E-state index contributed by atoms with van der Waals surface area (Å²) < 4.78 is 0. The summed E-state index contributed by atoms with van der Waals surface area (Å²) in [5, 5.41) is 7.08. The van der Waals surface area contributed by atoms with Crippen molar-refractivity contribution in [3.63, 3.8) is 0 Å². The number of aliphatic imine (C=N–C) groups is 1. The van der Waals surface area contributed by atoms with E-state index in [4.69, 9.17) is 0 Å². The molecule has 1 fully saturated rings. The van der Waals surface area contributed by atoms with E-state index in [9.17, 15) is 0 Å². The van der Waals surface area contributed by atoms with Crippen LogP contribution in [0.25, 0.3) is 0 Å². The lowest BCUT2D eigenvalue weighted by atomic mass is 10.0. The minimum Gasteiger partial charge on any atom is -0.354 e. The maximum absolute atomic E-state index is 4.40. The van der Waals surface area contributed by atoms with Gasteiger partial charge in [0.2, 0.25) is 0 Å². The Kier molecular flexibility index (Phi) is 7.57. The number of benzene rings is 1. The van der Waals surface area contributed by atoms with Gasteiger partial charge in [-0.25, -0.2) is 0 Å². The first kappa shape index (κ1) is 18.8. The molecule has 0 saturated carbocycles. The highest BCUT2D eigenvalue weighted by molar-refractivity contribution is 5.80. The second kappa shape index (κ2) is 9.67. The molecule has 4 heteroatoms. The molecule has 1 aromatic rings. The van der Waals surface area contributed by atoms with Crippen LogP contribution in [0.1, 0.15) is 44.7 Å². The van der Waals surface area contributed by atoms with Gasteiger partial charge in [-0.05, 0) is 36.3 Å². The zero-order valence-corrected chi connectivity index (χ0v) is 15.8. The Morgan fingerprint density at radius 1 is 1.21 bits per heavy atom. The average Bonchev–Trinajstić information content (AvgIpc) is 2.59. The molecule has 2 rings (SSSR count). The number of guanidine groups is 1. The standard InChI is InChI=1S/C20H34N4/c1-5-17-8-6-7-9-18(17)14-22-20(21-4)23-19-10-12-24(13-11-19)15-16(2)3/h6-9,16,19H,5,10-15H2,1-4H3,(H2,21,22,23). The summed E-state index contributed by atoms with van der Waals surface area (Å²) in [5.74, 6) is 1.67. The Bertz CT molecular complexity index is 516. The Labute approximate surface area is 147 Å². The van der Waals surface area contributed by atoms with Crippen LogP contribution < -0.4 is 10.6 Å². The molecule has 0 amide bonds. The third-order valence-electron chi connectivity index (χ3n) is 4.72. The summed E-state index contributed by atoms with van der Waals surface area (Å²) in [5.41, 5.74) is 2.76. The smallest absolute Gasteiger partial charge is 0.191 e. The highest BCUT2D eigenvalue weighted by Crippen LogP contribution is 2.12. The van der Waals surface area contributed by atoms with E-state index in [1.807, 2.05) is 7.05 Å². The fraction of sp³-hybridized carbons (Fsp3) is 0.650. The normalized spacial score (nSPS) is 17.3. The molecule has 1 aliphatic rings. The molecule has 24 heavy (non-hydrogen) atoms. The number of likely N-dealkylation sites (tertiary alicyclic amines) is 1. The summed E-state index contributed by atoms with van der Waals surface area (Å²) in [4.78, 5) is 6.98. The van der Waals surface area contributed by atoms with Crippen LogP contribution in [-0.2, 0) is 13.0 Å². The van der Waals surface area contributed by atoms with Gasteiger partial charge in [-0.1, -0.05) is 45.0 Å². The van der Waals surface area contributed by atoms with Crippen molar-refractivity contribution in [3.05, 3.63) is 35.4 Å². The van der Waals surface area contributed by atoms with Crippen molar-refractivity contribution in [3.8, 4) is 0 Å². The van der Waals surface area contributed by atoms with E-state index >= 15 is 0 Å². The molecular formula is C20H34N4. The molecule has 0 radical (unpaired) electrons. The van der Waals surface area contributed by atoms with Crippen LogP contribution in [-0.4, -0.2) is 43.6 Å². The van der Waals surface area contributed by atoms with Gasteiger partial charge in [-0.3, -0.25) is 4.99 Å². The van der Waals surface area contributed by atoms with Gasteiger partial charge in [0.15, 0.2) is 5.96 Å². The number of aryl methyl sites for hydroxylation is 1. The van der Waals surface area contributed by atoms with Crippen molar-refractivity contribution in [2.45, 2.75) is 52.6 Å².